The number of methoxy groups -OCH3 is 2. The van der Waals surface area contributed by atoms with Crippen molar-refractivity contribution in [2.45, 2.75) is 33.2 Å². The van der Waals surface area contributed by atoms with Crippen molar-refractivity contribution in [3.8, 4) is 5.75 Å². The molecule has 0 aliphatic carbocycles. The second-order valence-corrected chi connectivity index (χ2v) is 6.87. The summed E-state index contributed by atoms with van der Waals surface area (Å²) in [5.41, 5.74) is 1.89. The molecule has 0 saturated carbocycles. The number of rotatable bonds is 9. The summed E-state index contributed by atoms with van der Waals surface area (Å²) in [4.78, 5) is 15.0. The Hall–Kier alpha value is -1.19. The summed E-state index contributed by atoms with van der Waals surface area (Å²) >= 11 is 3.55. The summed E-state index contributed by atoms with van der Waals surface area (Å²) in [5, 5.41) is 0. The normalized spacial score (nSPS) is 15.0. The Kier molecular flexibility index (Phi) is 8.98. The van der Waals surface area contributed by atoms with E-state index in [4.69, 9.17) is 23.7 Å². The third-order valence-corrected chi connectivity index (χ3v) is 4.96. The maximum absolute atomic E-state index is 13.3. The summed E-state index contributed by atoms with van der Waals surface area (Å²) < 4.78 is 28.5. The number of carbonyl (C=O) groups is 1. The van der Waals surface area contributed by atoms with Crippen LogP contribution in [0.3, 0.4) is 0 Å². The van der Waals surface area contributed by atoms with E-state index in [2.05, 4.69) is 15.9 Å². The van der Waals surface area contributed by atoms with Gasteiger partial charge in [0, 0.05) is 42.9 Å². The van der Waals surface area contributed by atoms with Gasteiger partial charge in [-0.15, -0.1) is 0 Å². The van der Waals surface area contributed by atoms with Crippen molar-refractivity contribution in [3.05, 3.63) is 27.2 Å². The number of hydrogen-bond acceptors (Lipinski definition) is 6. The SMILES string of the molecule is CCN(CC)C(=O)c1c(Br)cc(OCOC)c(COC)c1C1OCCCO1. The van der Waals surface area contributed by atoms with Gasteiger partial charge in [0.25, 0.3) is 5.91 Å². The lowest BCUT2D eigenvalue weighted by atomic mass is 9.97. The molecule has 0 bridgehead atoms. The van der Waals surface area contributed by atoms with Crippen molar-refractivity contribution in [2.24, 2.45) is 0 Å². The van der Waals surface area contributed by atoms with Crippen LogP contribution in [0.25, 0.3) is 0 Å². The Morgan fingerprint density at radius 3 is 2.44 bits per heavy atom. The number of carbonyl (C=O) groups excluding carboxylic acids is 1. The molecule has 27 heavy (non-hydrogen) atoms. The molecule has 152 valence electrons. The molecule has 2 rings (SSSR count). The highest BCUT2D eigenvalue weighted by atomic mass is 79.9. The van der Waals surface area contributed by atoms with Crippen molar-refractivity contribution in [3.63, 3.8) is 0 Å². The van der Waals surface area contributed by atoms with Gasteiger partial charge in [-0.25, -0.2) is 0 Å². The maximum atomic E-state index is 13.3. The monoisotopic (exact) mass is 445 g/mol. The molecule has 0 atom stereocenters. The number of hydrogen-bond donors (Lipinski definition) is 0. The summed E-state index contributed by atoms with van der Waals surface area (Å²) in [6.45, 7) is 6.59. The zero-order valence-corrected chi connectivity index (χ0v) is 18.0. The Labute approximate surface area is 169 Å². The maximum Gasteiger partial charge on any atom is 0.255 e. The molecule has 1 aromatic carbocycles. The molecule has 0 radical (unpaired) electrons. The summed E-state index contributed by atoms with van der Waals surface area (Å²) in [7, 11) is 3.15. The van der Waals surface area contributed by atoms with E-state index in [1.54, 1.807) is 25.2 Å². The fourth-order valence-corrected chi connectivity index (χ4v) is 3.62. The third kappa shape index (κ3) is 5.20. The van der Waals surface area contributed by atoms with Crippen LogP contribution in [-0.2, 0) is 25.6 Å². The molecule has 1 amide bonds. The number of amides is 1. The van der Waals surface area contributed by atoms with Crippen molar-refractivity contribution in [1.29, 1.82) is 0 Å². The zero-order valence-electron chi connectivity index (χ0n) is 16.4. The molecule has 8 heteroatoms. The largest absolute Gasteiger partial charge is 0.467 e. The Morgan fingerprint density at radius 1 is 1.22 bits per heavy atom. The lowest BCUT2D eigenvalue weighted by Gasteiger charge is -2.30. The Balaban J connectivity index is 2.65. The summed E-state index contributed by atoms with van der Waals surface area (Å²) in [6.07, 6.45) is 0.164. The van der Waals surface area contributed by atoms with E-state index >= 15 is 0 Å². The third-order valence-electron chi connectivity index (χ3n) is 4.34. The first kappa shape index (κ1) is 22.1. The highest BCUT2D eigenvalue weighted by Gasteiger charge is 2.32. The molecule has 1 fully saturated rings. The van der Waals surface area contributed by atoms with E-state index in [0.717, 1.165) is 12.0 Å². The van der Waals surface area contributed by atoms with Gasteiger partial charge in [0.2, 0.25) is 0 Å². The topological polar surface area (TPSA) is 66.5 Å². The summed E-state index contributed by atoms with van der Waals surface area (Å²) in [5.74, 6) is 0.477. The van der Waals surface area contributed by atoms with Gasteiger partial charge >= 0.3 is 0 Å². The molecular formula is C19H28BrNO6. The van der Waals surface area contributed by atoms with Crippen LogP contribution in [0.15, 0.2) is 10.5 Å². The smallest absolute Gasteiger partial charge is 0.255 e. The van der Waals surface area contributed by atoms with Crippen molar-refractivity contribution in [1.82, 2.24) is 4.90 Å². The van der Waals surface area contributed by atoms with E-state index in [-0.39, 0.29) is 19.3 Å². The zero-order chi connectivity index (χ0) is 19.8. The number of benzene rings is 1. The second kappa shape index (κ2) is 11.0. The van der Waals surface area contributed by atoms with Crippen molar-refractivity contribution >= 4 is 21.8 Å². The predicted molar refractivity (Wildman–Crippen MR) is 104 cm³/mol. The quantitative estimate of drug-likeness (QED) is 0.541. The Bertz CT molecular complexity index is 629. The summed E-state index contributed by atoms with van der Waals surface area (Å²) in [6, 6.07) is 1.77. The Morgan fingerprint density at radius 2 is 1.89 bits per heavy atom. The van der Waals surface area contributed by atoms with Crippen LogP contribution < -0.4 is 4.74 Å². The van der Waals surface area contributed by atoms with Crippen LogP contribution in [-0.4, -0.2) is 58.1 Å². The van der Waals surface area contributed by atoms with E-state index < -0.39 is 6.29 Å². The highest BCUT2D eigenvalue weighted by Crippen LogP contribution is 2.39. The van der Waals surface area contributed by atoms with Crippen LogP contribution in [0.1, 0.15) is 48.0 Å². The molecule has 1 aromatic rings. The highest BCUT2D eigenvalue weighted by molar-refractivity contribution is 9.10. The minimum Gasteiger partial charge on any atom is -0.467 e. The van der Waals surface area contributed by atoms with E-state index in [9.17, 15) is 4.79 Å². The first-order chi connectivity index (χ1) is 13.1. The van der Waals surface area contributed by atoms with Gasteiger partial charge in [-0.2, -0.15) is 0 Å². The molecule has 1 saturated heterocycles. The van der Waals surface area contributed by atoms with Crippen molar-refractivity contribution in [2.75, 3.05) is 47.3 Å². The van der Waals surface area contributed by atoms with Crippen LogP contribution in [0.5, 0.6) is 5.75 Å². The standard InChI is InChI=1S/C19H28BrNO6/c1-5-21(6-2)18(22)17-14(20)10-15(27-12-24-4)13(11-23-3)16(17)19-25-8-7-9-26-19/h10,19H,5-9,11-12H2,1-4H3. The van der Waals surface area contributed by atoms with Gasteiger partial charge in [-0.1, -0.05) is 0 Å². The molecule has 0 spiro atoms. The van der Waals surface area contributed by atoms with E-state index in [1.165, 1.54) is 0 Å². The number of nitrogens with zero attached hydrogens (tertiary/aromatic N) is 1. The van der Waals surface area contributed by atoms with Gasteiger partial charge in [0.15, 0.2) is 13.1 Å². The minimum atomic E-state index is -0.652. The van der Waals surface area contributed by atoms with Crippen LogP contribution in [0, 0.1) is 0 Å². The lowest BCUT2D eigenvalue weighted by Crippen LogP contribution is -2.33. The van der Waals surface area contributed by atoms with Crippen LogP contribution in [0.4, 0.5) is 0 Å². The van der Waals surface area contributed by atoms with Gasteiger partial charge in [-0.05, 0) is 42.3 Å². The average molecular weight is 446 g/mol. The molecular weight excluding hydrogens is 418 g/mol. The minimum absolute atomic E-state index is 0.0817. The van der Waals surface area contributed by atoms with Crippen LogP contribution in [0.2, 0.25) is 0 Å². The fourth-order valence-electron chi connectivity index (χ4n) is 3.03. The van der Waals surface area contributed by atoms with Crippen molar-refractivity contribution < 1.29 is 28.5 Å². The number of halogens is 1. The average Bonchev–Trinajstić information content (AvgIpc) is 2.69. The van der Waals surface area contributed by atoms with E-state index in [0.29, 0.717) is 47.7 Å². The van der Waals surface area contributed by atoms with E-state index in [1.807, 2.05) is 13.8 Å². The molecule has 0 unspecified atom stereocenters. The van der Waals surface area contributed by atoms with Crippen LogP contribution >= 0.6 is 15.9 Å². The molecule has 1 heterocycles. The molecule has 0 N–H and O–H groups in total. The number of ether oxygens (including phenoxy) is 5. The molecule has 0 aromatic heterocycles. The second-order valence-electron chi connectivity index (χ2n) is 6.01. The first-order valence-electron chi connectivity index (χ1n) is 9.07. The van der Waals surface area contributed by atoms with Gasteiger partial charge in [0.1, 0.15) is 5.75 Å². The van der Waals surface area contributed by atoms with Gasteiger partial charge in [0.05, 0.1) is 25.4 Å². The molecule has 1 aliphatic rings. The van der Waals surface area contributed by atoms with Gasteiger partial charge < -0.3 is 28.6 Å². The van der Waals surface area contributed by atoms with Gasteiger partial charge in [-0.3, -0.25) is 4.79 Å². The predicted octanol–water partition coefficient (Wildman–Crippen LogP) is 3.50. The molecule has 7 nitrogen and oxygen atoms in total. The fraction of sp³-hybridized carbons (Fsp3) is 0.632. The lowest BCUT2D eigenvalue weighted by molar-refractivity contribution is -0.183. The molecule has 1 aliphatic heterocycles. The first-order valence-corrected chi connectivity index (χ1v) is 9.86.